The fourth-order valence-electron chi connectivity index (χ4n) is 2.03. The Bertz CT molecular complexity index is 396. The minimum atomic E-state index is -1.13. The molecule has 1 aliphatic rings. The van der Waals surface area contributed by atoms with E-state index in [0.29, 0.717) is 6.42 Å². The van der Waals surface area contributed by atoms with Crippen LogP contribution in [0.5, 0.6) is 0 Å². The van der Waals surface area contributed by atoms with Crippen LogP contribution in [0.1, 0.15) is 24.8 Å². The van der Waals surface area contributed by atoms with Gasteiger partial charge in [-0.25, -0.2) is 0 Å². The highest BCUT2D eigenvalue weighted by atomic mass is 35.5. The summed E-state index contributed by atoms with van der Waals surface area (Å²) in [7, 11) is 0. The van der Waals surface area contributed by atoms with E-state index in [9.17, 15) is 9.90 Å². The minimum Gasteiger partial charge on any atom is -0.382 e. The molecule has 0 saturated heterocycles. The van der Waals surface area contributed by atoms with Gasteiger partial charge in [0.1, 0.15) is 6.10 Å². The van der Waals surface area contributed by atoms with Crippen LogP contribution < -0.4 is 11.1 Å². The van der Waals surface area contributed by atoms with Crippen LogP contribution >= 0.6 is 12.4 Å². The third-order valence-electron chi connectivity index (χ3n) is 3.44. The number of amides is 1. The smallest absolute Gasteiger partial charge is 0.250 e. The van der Waals surface area contributed by atoms with Crippen molar-refractivity contribution in [3.8, 4) is 0 Å². The van der Waals surface area contributed by atoms with Gasteiger partial charge in [-0.15, -0.1) is 12.4 Å². The lowest BCUT2D eigenvalue weighted by Gasteiger charge is -2.28. The summed E-state index contributed by atoms with van der Waals surface area (Å²) in [4.78, 5) is 11.7. The van der Waals surface area contributed by atoms with Crippen LogP contribution in [0.3, 0.4) is 0 Å². The fourth-order valence-corrected chi connectivity index (χ4v) is 2.03. The molecule has 4 N–H and O–H groups in total. The molecule has 1 amide bonds. The van der Waals surface area contributed by atoms with Gasteiger partial charge < -0.3 is 16.2 Å². The molecule has 4 nitrogen and oxygen atoms in total. The number of aliphatic hydroxyl groups is 1. The Balaban J connectivity index is 0.00000180. The lowest BCUT2D eigenvalue weighted by atomic mass is 9.92. The number of benzene rings is 1. The molecular formula is C14H21ClN2O2. The third-order valence-corrected chi connectivity index (χ3v) is 3.44. The molecule has 0 radical (unpaired) electrons. The van der Waals surface area contributed by atoms with Gasteiger partial charge in [0.2, 0.25) is 0 Å². The van der Waals surface area contributed by atoms with Crippen molar-refractivity contribution in [3.63, 3.8) is 0 Å². The molecule has 1 unspecified atom stereocenters. The Morgan fingerprint density at radius 1 is 1.37 bits per heavy atom. The summed E-state index contributed by atoms with van der Waals surface area (Å²) in [5.41, 5.74) is 6.90. The van der Waals surface area contributed by atoms with E-state index in [1.807, 2.05) is 30.3 Å². The molecule has 106 valence electrons. The number of carbonyl (C=O) groups excluding carboxylic acids is 1. The highest BCUT2D eigenvalue weighted by Crippen LogP contribution is 2.18. The zero-order valence-corrected chi connectivity index (χ0v) is 11.6. The topological polar surface area (TPSA) is 75.3 Å². The number of nitrogens with two attached hydrogens (primary N) is 1. The lowest BCUT2D eigenvalue weighted by Crippen LogP contribution is -2.51. The van der Waals surface area contributed by atoms with Crippen LogP contribution in [0.15, 0.2) is 30.3 Å². The summed E-state index contributed by atoms with van der Waals surface area (Å²) >= 11 is 0. The van der Waals surface area contributed by atoms with Gasteiger partial charge in [-0.1, -0.05) is 30.3 Å². The molecule has 0 spiro atoms. The summed E-state index contributed by atoms with van der Waals surface area (Å²) in [5, 5.41) is 12.7. The van der Waals surface area contributed by atoms with Crippen LogP contribution in [0.4, 0.5) is 0 Å². The largest absolute Gasteiger partial charge is 0.382 e. The van der Waals surface area contributed by atoms with E-state index in [2.05, 4.69) is 5.32 Å². The molecule has 0 heterocycles. The van der Waals surface area contributed by atoms with E-state index in [0.717, 1.165) is 24.8 Å². The molecular weight excluding hydrogens is 264 g/mol. The van der Waals surface area contributed by atoms with Crippen molar-refractivity contribution >= 4 is 18.3 Å². The molecule has 1 aromatic carbocycles. The second kappa shape index (κ2) is 7.48. The number of hydrogen-bond donors (Lipinski definition) is 3. The molecule has 19 heavy (non-hydrogen) atoms. The molecule has 5 heteroatoms. The van der Waals surface area contributed by atoms with E-state index < -0.39 is 12.1 Å². The number of nitrogens with one attached hydrogen (secondary N) is 1. The maximum Gasteiger partial charge on any atom is 0.250 e. The number of hydrogen-bond acceptors (Lipinski definition) is 3. The Hall–Kier alpha value is -1.10. The van der Waals surface area contributed by atoms with Crippen molar-refractivity contribution < 1.29 is 9.90 Å². The van der Waals surface area contributed by atoms with Crippen LogP contribution in [0.25, 0.3) is 0 Å². The van der Waals surface area contributed by atoms with Gasteiger partial charge in [-0.2, -0.15) is 0 Å². The predicted molar refractivity (Wildman–Crippen MR) is 77.2 cm³/mol. The summed E-state index contributed by atoms with van der Waals surface area (Å²) in [6.07, 6.45) is 2.53. The average molecular weight is 285 g/mol. The second-order valence-corrected chi connectivity index (χ2v) is 4.93. The zero-order chi connectivity index (χ0) is 13.0. The Labute approximate surface area is 119 Å². The summed E-state index contributed by atoms with van der Waals surface area (Å²) < 4.78 is 0. The molecule has 1 fully saturated rings. The van der Waals surface area contributed by atoms with Crippen LogP contribution in [0.2, 0.25) is 0 Å². The van der Waals surface area contributed by atoms with Gasteiger partial charge in [0.25, 0.3) is 5.91 Å². The number of halogens is 1. The van der Waals surface area contributed by atoms with Crippen molar-refractivity contribution in [2.24, 2.45) is 5.73 Å². The molecule has 0 aromatic heterocycles. The van der Waals surface area contributed by atoms with Crippen LogP contribution in [0, 0.1) is 0 Å². The first-order chi connectivity index (χ1) is 8.66. The van der Waals surface area contributed by atoms with Gasteiger partial charge in [0.15, 0.2) is 0 Å². The lowest BCUT2D eigenvalue weighted by molar-refractivity contribution is -0.131. The highest BCUT2D eigenvalue weighted by Gasteiger charge is 2.27. The normalized spacial score (nSPS) is 17.8. The molecule has 0 aliphatic heterocycles. The Morgan fingerprint density at radius 3 is 2.53 bits per heavy atom. The Kier molecular flexibility index (Phi) is 6.28. The average Bonchev–Trinajstić information content (AvgIpc) is 2.33. The molecule has 1 saturated carbocycles. The minimum absolute atomic E-state index is 0. The van der Waals surface area contributed by atoms with Gasteiger partial charge in [-0.05, 0) is 31.2 Å². The summed E-state index contributed by atoms with van der Waals surface area (Å²) in [6.45, 7) is 0. The molecule has 0 bridgehead atoms. The summed E-state index contributed by atoms with van der Waals surface area (Å²) in [6, 6.07) is 9.32. The van der Waals surface area contributed by atoms with E-state index in [1.54, 1.807) is 0 Å². The first kappa shape index (κ1) is 16.0. The number of aliphatic hydroxyl groups excluding tert-OH is 1. The van der Waals surface area contributed by atoms with Crippen molar-refractivity contribution in [2.45, 2.75) is 43.9 Å². The van der Waals surface area contributed by atoms with E-state index in [1.165, 1.54) is 0 Å². The Morgan fingerprint density at radius 2 is 2.00 bits per heavy atom. The third kappa shape index (κ3) is 4.49. The maximum absolute atomic E-state index is 11.7. The van der Waals surface area contributed by atoms with Gasteiger partial charge >= 0.3 is 0 Å². The molecule has 1 aliphatic carbocycles. The van der Waals surface area contributed by atoms with Crippen molar-refractivity contribution in [1.29, 1.82) is 0 Å². The monoisotopic (exact) mass is 284 g/mol. The quantitative estimate of drug-likeness (QED) is 0.755. The molecule has 2 rings (SSSR count). The predicted octanol–water partition coefficient (Wildman–Crippen LogP) is 1.01. The fraction of sp³-hybridized carbons (Fsp3) is 0.500. The summed E-state index contributed by atoms with van der Waals surface area (Å²) in [5.74, 6) is -0.344. The number of rotatable bonds is 5. The van der Waals surface area contributed by atoms with Crippen LogP contribution in [-0.4, -0.2) is 29.2 Å². The van der Waals surface area contributed by atoms with Crippen molar-refractivity contribution in [2.75, 3.05) is 0 Å². The van der Waals surface area contributed by atoms with Crippen molar-refractivity contribution in [3.05, 3.63) is 35.9 Å². The van der Waals surface area contributed by atoms with Gasteiger partial charge in [0.05, 0.1) is 0 Å². The zero-order valence-electron chi connectivity index (χ0n) is 10.8. The first-order valence-electron chi connectivity index (χ1n) is 6.45. The van der Waals surface area contributed by atoms with Crippen molar-refractivity contribution in [1.82, 2.24) is 5.32 Å². The standard InChI is InChI=1S/C14H20N2O2.ClH/c15-12(9-10-5-2-1-3-6-10)13(17)14(18)16-11-7-4-8-11;/h1-3,5-6,11-13,17H,4,7-9,15H2,(H,16,18);1H/t12-,13?;/m0./s1. The van der Waals surface area contributed by atoms with E-state index in [4.69, 9.17) is 5.73 Å². The van der Waals surface area contributed by atoms with E-state index in [-0.39, 0.29) is 24.4 Å². The van der Waals surface area contributed by atoms with Gasteiger partial charge in [-0.3, -0.25) is 4.79 Å². The highest BCUT2D eigenvalue weighted by molar-refractivity contribution is 5.85. The SMILES string of the molecule is Cl.N[C@@H](Cc1ccccc1)C(O)C(=O)NC1CCC1. The second-order valence-electron chi connectivity index (χ2n) is 4.93. The maximum atomic E-state index is 11.7. The first-order valence-corrected chi connectivity index (χ1v) is 6.45. The molecule has 1 aromatic rings. The molecule has 2 atom stereocenters. The van der Waals surface area contributed by atoms with Crippen LogP contribution in [-0.2, 0) is 11.2 Å². The number of carbonyl (C=O) groups is 1. The van der Waals surface area contributed by atoms with E-state index >= 15 is 0 Å². The van der Waals surface area contributed by atoms with Gasteiger partial charge in [0, 0.05) is 12.1 Å².